The van der Waals surface area contributed by atoms with Crippen LogP contribution in [0.4, 0.5) is 0 Å². The van der Waals surface area contributed by atoms with Crippen LogP contribution in [0.3, 0.4) is 0 Å². The Morgan fingerprint density at radius 3 is 3.12 bits per heavy atom. The van der Waals surface area contributed by atoms with E-state index in [1.807, 2.05) is 5.43 Å². The minimum atomic E-state index is -0.473. The molecule has 0 saturated heterocycles. The van der Waals surface area contributed by atoms with Gasteiger partial charge in [-0.3, -0.25) is 10.2 Å². The third-order valence-corrected chi connectivity index (χ3v) is 2.35. The summed E-state index contributed by atoms with van der Waals surface area (Å²) in [5, 5.41) is 3.57. The smallest absolute Gasteiger partial charge is 0.287 e. The molecule has 0 saturated carbocycles. The van der Waals surface area contributed by atoms with Crippen LogP contribution in [0.2, 0.25) is 0 Å². The number of nitrogen functional groups attached to an aromatic ring is 1. The van der Waals surface area contributed by atoms with Crippen LogP contribution in [0.1, 0.15) is 42.9 Å². The van der Waals surface area contributed by atoms with E-state index in [0.717, 1.165) is 12.8 Å². The van der Waals surface area contributed by atoms with E-state index >= 15 is 0 Å². The third kappa shape index (κ3) is 4.54. The minimum absolute atomic E-state index is 0.160. The van der Waals surface area contributed by atoms with Gasteiger partial charge in [0.15, 0.2) is 11.5 Å². The van der Waals surface area contributed by atoms with Crippen LogP contribution in [0, 0.1) is 5.92 Å². The van der Waals surface area contributed by atoms with E-state index in [1.54, 1.807) is 0 Å². The molecule has 1 aromatic rings. The summed E-state index contributed by atoms with van der Waals surface area (Å²) in [5.74, 6) is 5.54. The van der Waals surface area contributed by atoms with Gasteiger partial charge < -0.3 is 9.26 Å². The van der Waals surface area contributed by atoms with E-state index in [2.05, 4.69) is 19.0 Å². The highest BCUT2D eigenvalue weighted by atomic mass is 16.5. The number of nitrogens with zero attached hydrogens (tertiary/aromatic N) is 1. The summed E-state index contributed by atoms with van der Waals surface area (Å²) in [6, 6.07) is 1.52. The van der Waals surface area contributed by atoms with Gasteiger partial charge in [0, 0.05) is 12.7 Å². The van der Waals surface area contributed by atoms with Crippen LogP contribution in [0.15, 0.2) is 10.6 Å². The Labute approximate surface area is 100 Å². The van der Waals surface area contributed by atoms with Crippen molar-refractivity contribution in [3.05, 3.63) is 17.5 Å². The summed E-state index contributed by atoms with van der Waals surface area (Å²) in [4.78, 5) is 11.1. The minimum Gasteiger partial charge on any atom is -0.373 e. The summed E-state index contributed by atoms with van der Waals surface area (Å²) in [6.45, 7) is 5.27. The monoisotopic (exact) mass is 241 g/mol. The number of carbonyl (C=O) groups is 1. The molecule has 1 heterocycles. The van der Waals surface area contributed by atoms with Crippen LogP contribution in [0.25, 0.3) is 0 Å². The molecule has 0 aliphatic rings. The average molecular weight is 241 g/mol. The zero-order valence-corrected chi connectivity index (χ0v) is 10.2. The second-order valence-corrected chi connectivity index (χ2v) is 4.06. The Balaban J connectivity index is 2.32. The van der Waals surface area contributed by atoms with Crippen LogP contribution >= 0.6 is 0 Å². The number of hydrazine groups is 1. The number of rotatable bonds is 7. The first-order valence-corrected chi connectivity index (χ1v) is 5.71. The molecule has 0 spiro atoms. The highest BCUT2D eigenvalue weighted by Crippen LogP contribution is 2.09. The number of aromatic nitrogens is 1. The van der Waals surface area contributed by atoms with Gasteiger partial charge in [0.25, 0.3) is 5.91 Å². The summed E-state index contributed by atoms with van der Waals surface area (Å²) in [5.41, 5.74) is 2.14. The van der Waals surface area contributed by atoms with Crippen molar-refractivity contribution < 1.29 is 14.1 Å². The van der Waals surface area contributed by atoms with E-state index in [1.165, 1.54) is 6.07 Å². The van der Waals surface area contributed by atoms with E-state index < -0.39 is 5.91 Å². The van der Waals surface area contributed by atoms with Crippen molar-refractivity contribution >= 4 is 5.91 Å². The van der Waals surface area contributed by atoms with E-state index in [4.69, 9.17) is 15.1 Å². The number of hydrogen-bond donors (Lipinski definition) is 2. The van der Waals surface area contributed by atoms with Gasteiger partial charge in [-0.2, -0.15) is 0 Å². The maximum Gasteiger partial charge on any atom is 0.287 e. The van der Waals surface area contributed by atoms with E-state index in [-0.39, 0.29) is 5.69 Å². The van der Waals surface area contributed by atoms with Gasteiger partial charge in [0.1, 0.15) is 6.61 Å². The Morgan fingerprint density at radius 2 is 2.47 bits per heavy atom. The first kappa shape index (κ1) is 13.7. The van der Waals surface area contributed by atoms with Gasteiger partial charge in [0.05, 0.1) is 0 Å². The molecule has 6 heteroatoms. The van der Waals surface area contributed by atoms with Crippen LogP contribution in [0.5, 0.6) is 0 Å². The first-order chi connectivity index (χ1) is 8.17. The molecular formula is C11H19N3O3. The van der Waals surface area contributed by atoms with Gasteiger partial charge >= 0.3 is 0 Å². The molecule has 0 aliphatic carbocycles. The van der Waals surface area contributed by atoms with Gasteiger partial charge in [0.2, 0.25) is 0 Å². The average Bonchev–Trinajstić information content (AvgIpc) is 2.77. The molecule has 1 rings (SSSR count). The lowest BCUT2D eigenvalue weighted by Crippen LogP contribution is -2.30. The number of nitrogens with one attached hydrogen (secondary N) is 1. The highest BCUT2D eigenvalue weighted by Gasteiger charge is 2.11. The lowest BCUT2D eigenvalue weighted by Gasteiger charge is -2.08. The Morgan fingerprint density at radius 1 is 1.71 bits per heavy atom. The molecular weight excluding hydrogens is 222 g/mol. The second-order valence-electron chi connectivity index (χ2n) is 4.06. The van der Waals surface area contributed by atoms with Gasteiger partial charge in [-0.05, 0) is 12.3 Å². The number of hydrogen-bond acceptors (Lipinski definition) is 5. The van der Waals surface area contributed by atoms with E-state index in [9.17, 15) is 4.79 Å². The topological polar surface area (TPSA) is 90.4 Å². The molecule has 0 radical (unpaired) electrons. The number of nitrogens with two attached hydrogens (primary N) is 1. The normalized spacial score (nSPS) is 12.4. The number of amides is 1. The number of ether oxygens (including phenoxy) is 1. The largest absolute Gasteiger partial charge is 0.373 e. The summed E-state index contributed by atoms with van der Waals surface area (Å²) in [6.07, 6.45) is 2.28. The Bertz CT molecular complexity index is 351. The molecule has 0 aliphatic heterocycles. The fourth-order valence-corrected chi connectivity index (χ4v) is 1.50. The molecule has 0 aromatic carbocycles. The van der Waals surface area contributed by atoms with Crippen molar-refractivity contribution in [2.24, 2.45) is 11.8 Å². The van der Waals surface area contributed by atoms with E-state index in [0.29, 0.717) is 24.9 Å². The molecule has 17 heavy (non-hydrogen) atoms. The Kier molecular flexibility index (Phi) is 5.65. The maximum atomic E-state index is 11.1. The van der Waals surface area contributed by atoms with Crippen molar-refractivity contribution in [2.45, 2.75) is 33.3 Å². The van der Waals surface area contributed by atoms with Gasteiger partial charge in [-0.1, -0.05) is 25.4 Å². The summed E-state index contributed by atoms with van der Waals surface area (Å²) >= 11 is 0. The maximum absolute atomic E-state index is 11.1. The fourth-order valence-electron chi connectivity index (χ4n) is 1.50. The molecule has 0 bridgehead atoms. The summed E-state index contributed by atoms with van der Waals surface area (Å²) < 4.78 is 10.4. The van der Waals surface area contributed by atoms with Crippen molar-refractivity contribution in [3.8, 4) is 0 Å². The molecule has 1 aromatic heterocycles. The SMILES string of the molecule is CCCC(C)COCc1cc(C(=O)NN)no1. The molecule has 1 amide bonds. The van der Waals surface area contributed by atoms with Crippen molar-refractivity contribution in [3.63, 3.8) is 0 Å². The third-order valence-electron chi connectivity index (χ3n) is 2.35. The second kappa shape index (κ2) is 7.03. The predicted molar refractivity (Wildman–Crippen MR) is 61.9 cm³/mol. The molecule has 6 nitrogen and oxygen atoms in total. The standard InChI is InChI=1S/C11H19N3O3/c1-3-4-8(2)6-16-7-9-5-10(14-17-9)11(15)13-12/h5,8H,3-4,6-7,12H2,1-2H3,(H,13,15). The van der Waals surface area contributed by atoms with Crippen LogP contribution in [-0.2, 0) is 11.3 Å². The Hall–Kier alpha value is -1.40. The molecule has 96 valence electrons. The van der Waals surface area contributed by atoms with Gasteiger partial charge in [-0.25, -0.2) is 5.84 Å². The zero-order valence-electron chi connectivity index (χ0n) is 10.2. The predicted octanol–water partition coefficient (Wildman–Crippen LogP) is 1.23. The van der Waals surface area contributed by atoms with Crippen molar-refractivity contribution in [2.75, 3.05) is 6.61 Å². The van der Waals surface area contributed by atoms with Crippen molar-refractivity contribution in [1.29, 1.82) is 0 Å². The quantitative estimate of drug-likeness (QED) is 0.425. The zero-order chi connectivity index (χ0) is 12.7. The first-order valence-electron chi connectivity index (χ1n) is 5.71. The fraction of sp³-hybridized carbons (Fsp3) is 0.636. The molecule has 3 N–H and O–H groups in total. The lowest BCUT2D eigenvalue weighted by atomic mass is 10.1. The highest BCUT2D eigenvalue weighted by molar-refractivity contribution is 5.91. The molecule has 1 atom stereocenters. The van der Waals surface area contributed by atoms with Crippen LogP contribution in [-0.4, -0.2) is 17.7 Å². The molecule has 1 unspecified atom stereocenters. The summed E-state index contributed by atoms with van der Waals surface area (Å²) in [7, 11) is 0. The van der Waals surface area contributed by atoms with Crippen molar-refractivity contribution in [1.82, 2.24) is 10.6 Å². The number of carbonyl (C=O) groups excluding carboxylic acids is 1. The lowest BCUT2D eigenvalue weighted by molar-refractivity contribution is 0.0738. The van der Waals surface area contributed by atoms with Gasteiger partial charge in [-0.15, -0.1) is 0 Å². The van der Waals surface area contributed by atoms with Crippen LogP contribution < -0.4 is 11.3 Å². The molecule has 0 fully saturated rings.